The number of halogens is 1. The van der Waals surface area contributed by atoms with Crippen molar-refractivity contribution in [2.75, 3.05) is 5.32 Å². The van der Waals surface area contributed by atoms with Crippen LogP contribution >= 0.6 is 0 Å². The first-order valence-electron chi connectivity index (χ1n) is 12.1. The highest BCUT2D eigenvalue weighted by molar-refractivity contribution is 6.00. The third kappa shape index (κ3) is 5.41. The monoisotopic (exact) mass is 482 g/mol. The van der Waals surface area contributed by atoms with Gasteiger partial charge in [-0.1, -0.05) is 30.8 Å². The van der Waals surface area contributed by atoms with Gasteiger partial charge < -0.3 is 15.2 Å². The largest absolute Gasteiger partial charge is 0.361 e. The molecule has 1 fully saturated rings. The Kier molecular flexibility index (Phi) is 7.57. The van der Waals surface area contributed by atoms with Crippen molar-refractivity contribution in [3.8, 4) is 11.1 Å². The van der Waals surface area contributed by atoms with E-state index in [2.05, 4.69) is 25.9 Å². The van der Waals surface area contributed by atoms with Gasteiger partial charge in [-0.3, -0.25) is 14.3 Å². The highest BCUT2D eigenvalue weighted by Gasteiger charge is 2.32. The van der Waals surface area contributed by atoms with E-state index in [1.165, 1.54) is 12.3 Å². The van der Waals surface area contributed by atoms with Gasteiger partial charge in [-0.2, -0.15) is 5.10 Å². The lowest BCUT2D eigenvalue weighted by Crippen LogP contribution is -2.49. The summed E-state index contributed by atoms with van der Waals surface area (Å²) in [6, 6.07) is 2.10. The smallest absolute Gasteiger partial charge is 0.270 e. The van der Waals surface area contributed by atoms with Crippen molar-refractivity contribution in [1.82, 2.24) is 25.2 Å². The van der Waals surface area contributed by atoms with E-state index in [-0.39, 0.29) is 17.6 Å². The van der Waals surface area contributed by atoms with Gasteiger partial charge in [-0.05, 0) is 51.7 Å². The van der Waals surface area contributed by atoms with Crippen LogP contribution in [0.2, 0.25) is 0 Å². The molecule has 1 atom stereocenters. The Morgan fingerprint density at radius 3 is 2.60 bits per heavy atom. The van der Waals surface area contributed by atoms with Crippen molar-refractivity contribution in [2.45, 2.75) is 71.9 Å². The lowest BCUT2D eigenvalue weighted by atomic mass is 9.91. The number of carbonyl (C=O) groups excluding carboxylic acids is 2. The lowest BCUT2D eigenvalue weighted by Gasteiger charge is -2.26. The Bertz CT molecular complexity index is 1180. The van der Waals surface area contributed by atoms with Crippen LogP contribution < -0.4 is 10.6 Å². The first-order chi connectivity index (χ1) is 16.9. The van der Waals surface area contributed by atoms with Gasteiger partial charge in [0.2, 0.25) is 5.91 Å². The van der Waals surface area contributed by atoms with E-state index in [1.807, 2.05) is 6.92 Å². The average molecular weight is 483 g/mol. The van der Waals surface area contributed by atoms with Gasteiger partial charge in [0.25, 0.3) is 5.91 Å². The van der Waals surface area contributed by atoms with Gasteiger partial charge >= 0.3 is 0 Å². The Hall–Kier alpha value is -3.56. The fraction of sp³-hybridized carbons (Fsp3) is 0.480. The van der Waals surface area contributed by atoms with Crippen LogP contribution in [0.3, 0.4) is 0 Å². The second kappa shape index (κ2) is 10.8. The molecule has 0 saturated heterocycles. The van der Waals surface area contributed by atoms with Crippen molar-refractivity contribution in [3.05, 3.63) is 47.5 Å². The summed E-state index contributed by atoms with van der Waals surface area (Å²) >= 11 is 0. The third-order valence-electron chi connectivity index (χ3n) is 6.59. The Balaban J connectivity index is 1.56. The second-order valence-corrected chi connectivity index (χ2v) is 8.98. The number of anilines is 1. The molecule has 0 aliphatic heterocycles. The fourth-order valence-corrected chi connectivity index (χ4v) is 4.79. The van der Waals surface area contributed by atoms with Crippen LogP contribution in [-0.4, -0.2) is 37.8 Å². The molecular weight excluding hydrogens is 451 g/mol. The number of pyridine rings is 1. The summed E-state index contributed by atoms with van der Waals surface area (Å²) in [5, 5.41) is 13.5. The molecule has 9 nitrogen and oxygen atoms in total. The summed E-state index contributed by atoms with van der Waals surface area (Å²) in [4.78, 5) is 30.6. The van der Waals surface area contributed by atoms with E-state index >= 15 is 0 Å². The van der Waals surface area contributed by atoms with Gasteiger partial charge in [0, 0.05) is 30.1 Å². The minimum atomic E-state index is -0.816. The Morgan fingerprint density at radius 1 is 1.23 bits per heavy atom. The number of carbonyl (C=O) groups is 2. The molecule has 1 saturated carbocycles. The molecule has 1 aliphatic carbocycles. The summed E-state index contributed by atoms with van der Waals surface area (Å²) in [5.74, 6) is -1.21. The lowest BCUT2D eigenvalue weighted by molar-refractivity contribution is -0.119. The minimum absolute atomic E-state index is 0.0518. The van der Waals surface area contributed by atoms with E-state index in [9.17, 15) is 14.0 Å². The number of aryl methyl sites for hydroxylation is 3. The maximum absolute atomic E-state index is 15.0. The quantitative estimate of drug-likeness (QED) is 0.482. The standard InChI is InChI=1S/C25H31FN6O3/c1-4-32-20(11-12-28-32)24(33)29-22(17-9-7-5-6-8-10-17)25(34)30-23-19(26)13-18(14-27-23)21-15(2)31-35-16(21)3/h11-14,17,22H,4-10H2,1-3H3,(H,29,33)(H,27,30,34). The zero-order chi connectivity index (χ0) is 24.9. The molecular formula is C25H31FN6O3. The Labute approximate surface area is 203 Å². The molecule has 186 valence electrons. The summed E-state index contributed by atoms with van der Waals surface area (Å²) in [7, 11) is 0. The zero-order valence-corrected chi connectivity index (χ0v) is 20.3. The van der Waals surface area contributed by atoms with Gasteiger partial charge in [-0.25, -0.2) is 9.37 Å². The highest BCUT2D eigenvalue weighted by Crippen LogP contribution is 2.29. The molecule has 35 heavy (non-hydrogen) atoms. The van der Waals surface area contributed by atoms with Crippen LogP contribution in [0, 0.1) is 25.6 Å². The van der Waals surface area contributed by atoms with E-state index in [4.69, 9.17) is 4.52 Å². The predicted octanol–water partition coefficient (Wildman–Crippen LogP) is 4.42. The third-order valence-corrected chi connectivity index (χ3v) is 6.59. The van der Waals surface area contributed by atoms with Crippen molar-refractivity contribution in [1.29, 1.82) is 0 Å². The molecule has 0 radical (unpaired) electrons. The van der Waals surface area contributed by atoms with Gasteiger partial charge in [-0.15, -0.1) is 0 Å². The number of nitrogens with one attached hydrogen (secondary N) is 2. The number of aromatic nitrogens is 4. The van der Waals surface area contributed by atoms with Gasteiger partial charge in [0.15, 0.2) is 11.6 Å². The van der Waals surface area contributed by atoms with Crippen LogP contribution in [0.1, 0.15) is 67.4 Å². The molecule has 4 rings (SSSR count). The van der Waals surface area contributed by atoms with Crippen molar-refractivity contribution in [2.24, 2.45) is 5.92 Å². The molecule has 0 spiro atoms. The molecule has 2 amide bonds. The highest BCUT2D eigenvalue weighted by atomic mass is 19.1. The summed E-state index contributed by atoms with van der Waals surface area (Å²) < 4.78 is 21.7. The maximum atomic E-state index is 15.0. The molecule has 1 unspecified atom stereocenters. The van der Waals surface area contributed by atoms with Crippen LogP contribution in [0.4, 0.5) is 10.2 Å². The van der Waals surface area contributed by atoms with Crippen LogP contribution in [0.15, 0.2) is 29.0 Å². The first-order valence-corrected chi connectivity index (χ1v) is 12.1. The Morgan fingerprint density at radius 2 is 1.97 bits per heavy atom. The molecule has 0 aromatic carbocycles. The number of amides is 2. The van der Waals surface area contributed by atoms with Crippen molar-refractivity contribution < 1.29 is 18.5 Å². The zero-order valence-electron chi connectivity index (χ0n) is 20.3. The molecule has 3 aromatic rings. The van der Waals surface area contributed by atoms with E-state index < -0.39 is 17.8 Å². The molecule has 2 N–H and O–H groups in total. The minimum Gasteiger partial charge on any atom is -0.361 e. The SMILES string of the molecule is CCn1nccc1C(=O)NC(C(=O)Nc1ncc(-c2c(C)noc2C)cc1F)C1CCCCCC1. The van der Waals surface area contributed by atoms with E-state index in [0.717, 1.165) is 38.5 Å². The van der Waals surface area contributed by atoms with Crippen LogP contribution in [0.25, 0.3) is 11.1 Å². The average Bonchev–Trinajstić information content (AvgIpc) is 3.35. The fourth-order valence-electron chi connectivity index (χ4n) is 4.79. The topological polar surface area (TPSA) is 115 Å². The number of hydrogen-bond donors (Lipinski definition) is 2. The van der Waals surface area contributed by atoms with Crippen LogP contribution in [-0.2, 0) is 11.3 Å². The number of hydrogen-bond acceptors (Lipinski definition) is 6. The maximum Gasteiger partial charge on any atom is 0.270 e. The summed E-state index contributed by atoms with van der Waals surface area (Å²) in [6.07, 6.45) is 8.81. The van der Waals surface area contributed by atoms with Crippen LogP contribution in [0.5, 0.6) is 0 Å². The van der Waals surface area contributed by atoms with Gasteiger partial charge in [0.05, 0.1) is 5.69 Å². The van der Waals surface area contributed by atoms with Crippen molar-refractivity contribution >= 4 is 17.6 Å². The first kappa shape index (κ1) is 24.6. The normalized spacial score (nSPS) is 15.4. The van der Waals surface area contributed by atoms with E-state index in [1.54, 1.807) is 30.8 Å². The number of nitrogens with zero attached hydrogens (tertiary/aromatic N) is 4. The molecule has 1 aliphatic rings. The second-order valence-electron chi connectivity index (χ2n) is 8.98. The summed E-state index contributed by atoms with van der Waals surface area (Å²) in [5.41, 5.74) is 2.19. The van der Waals surface area contributed by atoms with Gasteiger partial charge in [0.1, 0.15) is 17.5 Å². The number of rotatable bonds is 7. The molecule has 10 heteroatoms. The summed E-state index contributed by atoms with van der Waals surface area (Å²) in [6.45, 7) is 5.93. The van der Waals surface area contributed by atoms with Crippen molar-refractivity contribution in [3.63, 3.8) is 0 Å². The predicted molar refractivity (Wildman–Crippen MR) is 128 cm³/mol. The molecule has 0 bridgehead atoms. The molecule has 3 aromatic heterocycles. The van der Waals surface area contributed by atoms with E-state index in [0.29, 0.717) is 34.8 Å². The molecule has 3 heterocycles.